The summed E-state index contributed by atoms with van der Waals surface area (Å²) in [5.41, 5.74) is 1.14. The summed E-state index contributed by atoms with van der Waals surface area (Å²) in [4.78, 5) is 0. The van der Waals surface area contributed by atoms with Gasteiger partial charge < -0.3 is 14.6 Å². The van der Waals surface area contributed by atoms with Gasteiger partial charge in [0.1, 0.15) is 17.2 Å². The average Bonchev–Trinajstić information content (AvgIpc) is 2.48. The van der Waals surface area contributed by atoms with Gasteiger partial charge in [-0.15, -0.1) is 0 Å². The molecule has 0 radical (unpaired) electrons. The minimum absolute atomic E-state index is 0.384. The number of methoxy groups -OCH3 is 1. The van der Waals surface area contributed by atoms with Crippen LogP contribution in [0.3, 0.4) is 0 Å². The molecule has 0 saturated carbocycles. The Morgan fingerprint density at radius 3 is 2.48 bits per heavy atom. The highest BCUT2D eigenvalue weighted by atomic mass is 35.5. The third-order valence-corrected chi connectivity index (χ3v) is 3.21. The lowest BCUT2D eigenvalue weighted by atomic mass is 10.1. The number of rotatable bonds is 4. The zero-order chi connectivity index (χ0) is 15.4. The molecule has 0 heterocycles. The van der Waals surface area contributed by atoms with Gasteiger partial charge in [0.05, 0.1) is 29.9 Å². The van der Waals surface area contributed by atoms with Crippen LogP contribution >= 0.6 is 11.6 Å². The van der Waals surface area contributed by atoms with Crippen LogP contribution in [0.15, 0.2) is 36.4 Å². The molecule has 4 nitrogen and oxygen atoms in total. The number of aliphatic hydroxyl groups excluding tert-OH is 1. The van der Waals surface area contributed by atoms with E-state index in [1.165, 1.54) is 7.11 Å². The van der Waals surface area contributed by atoms with E-state index in [9.17, 15) is 5.11 Å². The molecule has 2 rings (SSSR count). The number of benzene rings is 2. The maximum atomic E-state index is 9.51. The zero-order valence-electron chi connectivity index (χ0n) is 11.6. The number of ether oxygens (including phenoxy) is 2. The maximum Gasteiger partial charge on any atom is 0.146 e. The van der Waals surface area contributed by atoms with Crippen LogP contribution in [0.5, 0.6) is 17.2 Å². The highest BCUT2D eigenvalue weighted by Crippen LogP contribution is 2.33. The van der Waals surface area contributed by atoms with Crippen LogP contribution in [-0.4, -0.2) is 12.2 Å². The fourth-order valence-corrected chi connectivity index (χ4v) is 2.03. The highest BCUT2D eigenvalue weighted by molar-refractivity contribution is 6.32. The van der Waals surface area contributed by atoms with Crippen molar-refractivity contribution >= 4 is 11.6 Å². The van der Waals surface area contributed by atoms with E-state index in [-0.39, 0.29) is 0 Å². The number of hydrogen-bond acceptors (Lipinski definition) is 4. The Morgan fingerprint density at radius 2 is 1.90 bits per heavy atom. The van der Waals surface area contributed by atoms with E-state index in [0.29, 0.717) is 33.4 Å². The SMILES string of the molecule is COc1cc(C#N)cc(Oc2ccc([C@H](C)O)cc2Cl)c1. The quantitative estimate of drug-likeness (QED) is 0.925. The van der Waals surface area contributed by atoms with Gasteiger partial charge in [0, 0.05) is 6.07 Å². The van der Waals surface area contributed by atoms with E-state index in [1.807, 2.05) is 6.07 Å². The second-order valence-corrected chi connectivity index (χ2v) is 4.88. The first-order valence-electron chi connectivity index (χ1n) is 6.28. The minimum Gasteiger partial charge on any atom is -0.497 e. The van der Waals surface area contributed by atoms with E-state index in [1.54, 1.807) is 43.3 Å². The summed E-state index contributed by atoms with van der Waals surface area (Å²) in [5, 5.41) is 18.9. The third kappa shape index (κ3) is 3.66. The predicted molar refractivity (Wildman–Crippen MR) is 79.9 cm³/mol. The van der Waals surface area contributed by atoms with Gasteiger partial charge in [-0.1, -0.05) is 17.7 Å². The van der Waals surface area contributed by atoms with Crippen LogP contribution in [0.2, 0.25) is 5.02 Å². The van der Waals surface area contributed by atoms with Gasteiger partial charge in [0.15, 0.2) is 0 Å². The van der Waals surface area contributed by atoms with Crippen LogP contribution in [-0.2, 0) is 0 Å². The Kier molecular flexibility index (Phi) is 4.69. The van der Waals surface area contributed by atoms with Crippen molar-refractivity contribution in [1.82, 2.24) is 0 Å². The molecule has 0 saturated heterocycles. The van der Waals surface area contributed by atoms with E-state index in [0.717, 1.165) is 0 Å². The fraction of sp³-hybridized carbons (Fsp3) is 0.188. The molecule has 2 aromatic rings. The number of nitriles is 1. The first kappa shape index (κ1) is 15.2. The lowest BCUT2D eigenvalue weighted by molar-refractivity contribution is 0.199. The van der Waals surface area contributed by atoms with E-state index < -0.39 is 6.10 Å². The molecule has 0 bridgehead atoms. The molecule has 108 valence electrons. The van der Waals surface area contributed by atoms with Gasteiger partial charge in [-0.25, -0.2) is 0 Å². The van der Waals surface area contributed by atoms with Crippen molar-refractivity contribution in [2.45, 2.75) is 13.0 Å². The number of hydrogen-bond donors (Lipinski definition) is 1. The van der Waals surface area contributed by atoms with E-state index >= 15 is 0 Å². The fourth-order valence-electron chi connectivity index (χ4n) is 1.80. The van der Waals surface area contributed by atoms with E-state index in [2.05, 4.69) is 0 Å². The molecule has 0 aliphatic heterocycles. The number of aliphatic hydroxyl groups is 1. The molecule has 0 aromatic heterocycles. The van der Waals surface area contributed by atoms with Crippen molar-refractivity contribution in [2.24, 2.45) is 0 Å². The molecule has 0 unspecified atom stereocenters. The van der Waals surface area contributed by atoms with Crippen LogP contribution in [0.25, 0.3) is 0 Å². The molecule has 0 fully saturated rings. The smallest absolute Gasteiger partial charge is 0.146 e. The first-order chi connectivity index (χ1) is 10.0. The number of nitrogens with zero attached hydrogens (tertiary/aromatic N) is 1. The van der Waals surface area contributed by atoms with Crippen LogP contribution < -0.4 is 9.47 Å². The van der Waals surface area contributed by atoms with Gasteiger partial charge in [-0.3, -0.25) is 0 Å². The lowest BCUT2D eigenvalue weighted by Gasteiger charge is -2.11. The zero-order valence-corrected chi connectivity index (χ0v) is 12.4. The van der Waals surface area contributed by atoms with Gasteiger partial charge in [0.25, 0.3) is 0 Å². The molecule has 0 aliphatic rings. The minimum atomic E-state index is -0.599. The second-order valence-electron chi connectivity index (χ2n) is 4.48. The van der Waals surface area contributed by atoms with Gasteiger partial charge >= 0.3 is 0 Å². The Hall–Kier alpha value is -2.22. The van der Waals surface area contributed by atoms with Crippen molar-refractivity contribution in [3.05, 3.63) is 52.5 Å². The molecule has 1 atom stereocenters. The standard InChI is InChI=1S/C16H14ClNO3/c1-10(19)12-3-4-16(15(17)7-12)21-14-6-11(9-18)5-13(8-14)20-2/h3-8,10,19H,1-2H3/t10-/m0/s1. The third-order valence-electron chi connectivity index (χ3n) is 2.91. The molecule has 0 aliphatic carbocycles. The molecule has 0 amide bonds. The Bertz CT molecular complexity index is 692. The summed E-state index contributed by atoms with van der Waals surface area (Å²) in [6.07, 6.45) is -0.599. The van der Waals surface area contributed by atoms with Gasteiger partial charge in [-0.05, 0) is 36.8 Å². The Balaban J connectivity index is 2.32. The molecular formula is C16H14ClNO3. The van der Waals surface area contributed by atoms with Crippen molar-refractivity contribution in [2.75, 3.05) is 7.11 Å². The van der Waals surface area contributed by atoms with Crippen LogP contribution in [0.4, 0.5) is 0 Å². The summed E-state index contributed by atoms with van der Waals surface area (Å²) in [6, 6.07) is 12.0. The summed E-state index contributed by atoms with van der Waals surface area (Å²) in [6.45, 7) is 1.66. The largest absolute Gasteiger partial charge is 0.497 e. The molecular weight excluding hydrogens is 290 g/mol. The van der Waals surface area contributed by atoms with E-state index in [4.69, 9.17) is 26.3 Å². The van der Waals surface area contributed by atoms with Crippen LogP contribution in [0.1, 0.15) is 24.2 Å². The molecule has 0 spiro atoms. The van der Waals surface area contributed by atoms with Crippen LogP contribution in [0, 0.1) is 11.3 Å². The Morgan fingerprint density at radius 1 is 1.19 bits per heavy atom. The lowest BCUT2D eigenvalue weighted by Crippen LogP contribution is -1.93. The number of halogens is 1. The normalized spacial score (nSPS) is 11.6. The summed E-state index contributed by atoms with van der Waals surface area (Å²) in [7, 11) is 1.52. The molecule has 5 heteroatoms. The molecule has 2 aromatic carbocycles. The molecule has 1 N–H and O–H groups in total. The van der Waals surface area contributed by atoms with Gasteiger partial charge in [0.2, 0.25) is 0 Å². The monoisotopic (exact) mass is 303 g/mol. The van der Waals surface area contributed by atoms with Crippen molar-refractivity contribution in [3.8, 4) is 23.3 Å². The molecule has 21 heavy (non-hydrogen) atoms. The summed E-state index contributed by atoms with van der Waals surface area (Å²) < 4.78 is 10.8. The van der Waals surface area contributed by atoms with Crippen molar-refractivity contribution < 1.29 is 14.6 Å². The summed E-state index contributed by atoms with van der Waals surface area (Å²) >= 11 is 6.14. The highest BCUT2D eigenvalue weighted by Gasteiger charge is 2.09. The van der Waals surface area contributed by atoms with Crippen molar-refractivity contribution in [1.29, 1.82) is 5.26 Å². The topological polar surface area (TPSA) is 62.5 Å². The maximum absolute atomic E-state index is 9.51. The predicted octanol–water partition coefficient (Wildman–Crippen LogP) is 4.07. The Labute approximate surface area is 128 Å². The first-order valence-corrected chi connectivity index (χ1v) is 6.66. The second kappa shape index (κ2) is 6.49. The van der Waals surface area contributed by atoms with Crippen molar-refractivity contribution in [3.63, 3.8) is 0 Å². The van der Waals surface area contributed by atoms with Gasteiger partial charge in [-0.2, -0.15) is 5.26 Å². The summed E-state index contributed by atoms with van der Waals surface area (Å²) in [5.74, 6) is 1.43. The average molecular weight is 304 g/mol.